The molecule has 1 amide bonds. The molecule has 0 aliphatic heterocycles. The average Bonchev–Trinajstić information content (AvgIpc) is 3.18. The van der Waals surface area contributed by atoms with Crippen LogP contribution in [-0.4, -0.2) is 36.7 Å². The molecule has 4 aromatic heterocycles. The Bertz CT molecular complexity index is 1200. The quantitative estimate of drug-likeness (QED) is 0.513. The van der Waals surface area contributed by atoms with Gasteiger partial charge in [-0.3, -0.25) is 4.79 Å². The smallest absolute Gasteiger partial charge is 0.258 e. The molecular weight excluding hydrogens is 424 g/mol. The van der Waals surface area contributed by atoms with Crippen molar-refractivity contribution < 1.29 is 9.53 Å². The second kappa shape index (κ2) is 7.23. The molecule has 28 heavy (non-hydrogen) atoms. The van der Waals surface area contributed by atoms with Gasteiger partial charge in [-0.2, -0.15) is 0 Å². The highest BCUT2D eigenvalue weighted by atomic mass is 79.9. The summed E-state index contributed by atoms with van der Waals surface area (Å²) in [6.45, 7) is 4.11. The fourth-order valence-corrected chi connectivity index (χ4v) is 3.48. The van der Waals surface area contributed by atoms with Gasteiger partial charge < -0.3 is 14.5 Å². The molecule has 0 atom stereocenters. The van der Waals surface area contributed by atoms with E-state index in [-0.39, 0.29) is 12.5 Å². The Hall–Kier alpha value is -2.94. The van der Waals surface area contributed by atoms with E-state index in [4.69, 9.17) is 4.74 Å². The van der Waals surface area contributed by atoms with Crippen LogP contribution in [0.3, 0.4) is 0 Å². The molecule has 0 aliphatic carbocycles. The number of amides is 1. The van der Waals surface area contributed by atoms with Crippen LogP contribution in [0.5, 0.6) is 5.88 Å². The number of fused-ring (bicyclic) bond motifs is 2. The summed E-state index contributed by atoms with van der Waals surface area (Å²) in [5, 5.41) is 8.00. The van der Waals surface area contributed by atoms with E-state index >= 15 is 0 Å². The Labute approximate surface area is 169 Å². The summed E-state index contributed by atoms with van der Waals surface area (Å²) < 4.78 is 10.2. The molecule has 0 radical (unpaired) electrons. The number of halogens is 1. The van der Waals surface area contributed by atoms with Crippen molar-refractivity contribution in [3.63, 3.8) is 0 Å². The Morgan fingerprint density at radius 1 is 1.25 bits per heavy atom. The summed E-state index contributed by atoms with van der Waals surface area (Å²) in [5.74, 6) is 0.171. The number of rotatable bonds is 5. The van der Waals surface area contributed by atoms with Crippen molar-refractivity contribution >= 4 is 38.5 Å². The Kier molecular flexibility index (Phi) is 4.76. The van der Waals surface area contributed by atoms with Crippen LogP contribution in [0.2, 0.25) is 0 Å². The van der Waals surface area contributed by atoms with E-state index in [2.05, 4.69) is 36.3 Å². The van der Waals surface area contributed by atoms with E-state index in [0.717, 1.165) is 38.1 Å². The van der Waals surface area contributed by atoms with E-state index in [1.165, 1.54) is 0 Å². The van der Waals surface area contributed by atoms with Crippen molar-refractivity contribution in [2.75, 3.05) is 6.61 Å². The molecule has 0 spiro atoms. The van der Waals surface area contributed by atoms with E-state index in [9.17, 15) is 4.79 Å². The zero-order valence-corrected chi connectivity index (χ0v) is 17.3. The van der Waals surface area contributed by atoms with E-state index in [1.54, 1.807) is 4.68 Å². The number of aryl methyl sites for hydroxylation is 3. The van der Waals surface area contributed by atoms with Crippen LogP contribution in [-0.2, 0) is 18.4 Å². The molecule has 0 aliphatic rings. The summed E-state index contributed by atoms with van der Waals surface area (Å²) in [5.41, 5.74) is 4.26. The Morgan fingerprint density at radius 3 is 2.89 bits per heavy atom. The van der Waals surface area contributed by atoms with Crippen molar-refractivity contribution in [1.82, 2.24) is 29.5 Å². The van der Waals surface area contributed by atoms with E-state index in [1.807, 2.05) is 55.9 Å². The number of aromatic nitrogens is 5. The lowest BCUT2D eigenvalue weighted by Crippen LogP contribution is -2.28. The largest absolute Gasteiger partial charge is 0.466 e. The number of pyridine rings is 2. The molecule has 0 aromatic carbocycles. The van der Waals surface area contributed by atoms with E-state index < -0.39 is 0 Å². The summed E-state index contributed by atoms with van der Waals surface area (Å²) in [6, 6.07) is 5.80. The Balaban J connectivity index is 1.41. The fourth-order valence-electron chi connectivity index (χ4n) is 3.13. The summed E-state index contributed by atoms with van der Waals surface area (Å²) in [6.07, 6.45) is 3.80. The number of carbonyl (C=O) groups is 1. The van der Waals surface area contributed by atoms with Gasteiger partial charge in [0.05, 0.1) is 17.6 Å². The average molecular weight is 443 g/mol. The molecule has 0 unspecified atom stereocenters. The van der Waals surface area contributed by atoms with Gasteiger partial charge in [-0.05, 0) is 53.5 Å². The molecule has 0 fully saturated rings. The first kappa shape index (κ1) is 18.4. The molecule has 4 rings (SSSR count). The topological polar surface area (TPSA) is 86.3 Å². The lowest BCUT2D eigenvalue weighted by molar-refractivity contribution is -0.123. The molecule has 0 bridgehead atoms. The maximum Gasteiger partial charge on any atom is 0.258 e. The minimum atomic E-state index is -0.241. The lowest BCUT2D eigenvalue weighted by Gasteiger charge is -2.05. The predicted molar refractivity (Wildman–Crippen MR) is 108 cm³/mol. The maximum absolute atomic E-state index is 12.2. The zero-order valence-electron chi connectivity index (χ0n) is 15.7. The van der Waals surface area contributed by atoms with Gasteiger partial charge in [0, 0.05) is 29.6 Å². The molecule has 144 valence electrons. The number of ether oxygens (including phenoxy) is 1. The molecule has 1 N–H and O–H groups in total. The standard InChI is InChI=1S/C19H19BrN6O2/c1-11-6-12(2)22-18-17(11)19(24-25(18)3)28-10-16(27)21-7-14-9-26-8-13(20)4-5-15(26)23-14/h4-6,8-9H,7,10H2,1-3H3,(H,21,27). The van der Waals surface area contributed by atoms with Crippen LogP contribution in [0.15, 0.2) is 35.1 Å². The van der Waals surface area contributed by atoms with Gasteiger partial charge >= 0.3 is 0 Å². The van der Waals surface area contributed by atoms with Crippen molar-refractivity contribution in [1.29, 1.82) is 0 Å². The molecule has 4 heterocycles. The number of imidazole rings is 1. The molecule has 0 saturated heterocycles. The number of nitrogens with zero attached hydrogens (tertiary/aromatic N) is 5. The van der Waals surface area contributed by atoms with Crippen molar-refractivity contribution in [3.8, 4) is 5.88 Å². The summed E-state index contributed by atoms with van der Waals surface area (Å²) >= 11 is 3.43. The highest BCUT2D eigenvalue weighted by Crippen LogP contribution is 2.26. The van der Waals surface area contributed by atoms with Gasteiger partial charge in [0.1, 0.15) is 5.65 Å². The van der Waals surface area contributed by atoms with Crippen molar-refractivity contribution in [2.45, 2.75) is 20.4 Å². The summed E-state index contributed by atoms with van der Waals surface area (Å²) in [7, 11) is 1.81. The number of carbonyl (C=O) groups excluding carboxylic acids is 1. The van der Waals surface area contributed by atoms with Gasteiger partial charge in [-0.25, -0.2) is 14.6 Å². The molecule has 4 aromatic rings. The fraction of sp³-hybridized carbons (Fsp3) is 0.263. The third-order valence-electron chi connectivity index (χ3n) is 4.36. The minimum Gasteiger partial charge on any atom is -0.466 e. The number of nitrogens with one attached hydrogen (secondary N) is 1. The minimum absolute atomic E-state index is 0.127. The van der Waals surface area contributed by atoms with Gasteiger partial charge in [0.2, 0.25) is 5.88 Å². The molecular formula is C19H19BrN6O2. The van der Waals surface area contributed by atoms with Gasteiger partial charge in [-0.1, -0.05) is 0 Å². The monoisotopic (exact) mass is 442 g/mol. The van der Waals surface area contributed by atoms with Crippen molar-refractivity contribution in [2.24, 2.45) is 7.05 Å². The maximum atomic E-state index is 12.2. The normalized spacial score (nSPS) is 11.3. The highest BCUT2D eigenvalue weighted by molar-refractivity contribution is 9.10. The first-order valence-electron chi connectivity index (χ1n) is 8.74. The molecule has 8 nitrogen and oxygen atoms in total. The first-order chi connectivity index (χ1) is 13.4. The number of hydrogen-bond donors (Lipinski definition) is 1. The molecule has 9 heteroatoms. The van der Waals surface area contributed by atoms with Crippen LogP contribution < -0.4 is 10.1 Å². The number of hydrogen-bond acceptors (Lipinski definition) is 5. The lowest BCUT2D eigenvalue weighted by atomic mass is 10.2. The highest BCUT2D eigenvalue weighted by Gasteiger charge is 2.15. The SMILES string of the molecule is Cc1cc(C)c2c(OCC(=O)NCc3cn4cc(Br)ccc4n3)nn(C)c2n1. The van der Waals surface area contributed by atoms with Crippen LogP contribution in [0.25, 0.3) is 16.7 Å². The van der Waals surface area contributed by atoms with Gasteiger partial charge in [-0.15, -0.1) is 5.10 Å². The zero-order chi connectivity index (χ0) is 19.8. The van der Waals surface area contributed by atoms with Crippen LogP contribution in [0, 0.1) is 13.8 Å². The summed E-state index contributed by atoms with van der Waals surface area (Å²) in [4.78, 5) is 21.2. The second-order valence-corrected chi connectivity index (χ2v) is 7.53. The third kappa shape index (κ3) is 3.57. The second-order valence-electron chi connectivity index (χ2n) is 6.62. The van der Waals surface area contributed by atoms with Crippen LogP contribution in [0.4, 0.5) is 0 Å². The molecule has 0 saturated carbocycles. The van der Waals surface area contributed by atoms with Gasteiger partial charge in [0.25, 0.3) is 5.91 Å². The van der Waals surface area contributed by atoms with Crippen molar-refractivity contribution in [3.05, 3.63) is 52.0 Å². The predicted octanol–water partition coefficient (Wildman–Crippen LogP) is 2.69. The van der Waals surface area contributed by atoms with Crippen LogP contribution in [0.1, 0.15) is 17.0 Å². The van der Waals surface area contributed by atoms with Gasteiger partial charge in [0.15, 0.2) is 12.3 Å². The Morgan fingerprint density at radius 2 is 2.07 bits per heavy atom. The van der Waals surface area contributed by atoms with Crippen LogP contribution >= 0.6 is 15.9 Å². The third-order valence-corrected chi connectivity index (χ3v) is 4.83. The first-order valence-corrected chi connectivity index (χ1v) is 9.53. The van der Waals surface area contributed by atoms with E-state index in [0.29, 0.717) is 12.4 Å².